The number of nitrogens with two attached hydrogens (primary N) is 1. The second-order valence-electron chi connectivity index (χ2n) is 4.75. The predicted molar refractivity (Wildman–Crippen MR) is 93.0 cm³/mol. The van der Waals surface area contributed by atoms with Gasteiger partial charge in [-0.15, -0.1) is 0 Å². The zero-order valence-corrected chi connectivity index (χ0v) is 14.3. The Labute approximate surface area is 140 Å². The van der Waals surface area contributed by atoms with E-state index in [9.17, 15) is 0 Å². The number of rotatable bonds is 3. The molecule has 0 aliphatic heterocycles. The average molecular weight is 407 g/mol. The molecule has 2 N–H and O–H groups in total. The standard InChI is InChI=1S/C16H13Br2N3/c17-13-6-4-12(5-7-13)15-9-16(19)21(20-15)10-11-2-1-3-14(18)8-11/h1-9H,10,19H2. The summed E-state index contributed by atoms with van der Waals surface area (Å²) in [4.78, 5) is 0. The number of benzene rings is 2. The molecular formula is C16H13Br2N3. The highest BCUT2D eigenvalue weighted by Gasteiger charge is 2.08. The SMILES string of the molecule is Nc1cc(-c2ccc(Br)cc2)nn1Cc1cccc(Br)c1. The lowest BCUT2D eigenvalue weighted by Gasteiger charge is -2.04. The predicted octanol–water partition coefficient (Wildman–Crippen LogP) is 4.71. The van der Waals surface area contributed by atoms with Crippen LogP contribution < -0.4 is 5.73 Å². The first-order valence-electron chi connectivity index (χ1n) is 6.45. The highest BCUT2D eigenvalue weighted by Crippen LogP contribution is 2.23. The molecule has 3 rings (SSSR count). The molecular weight excluding hydrogens is 394 g/mol. The van der Waals surface area contributed by atoms with Crippen LogP contribution in [0.25, 0.3) is 11.3 Å². The number of hydrogen-bond acceptors (Lipinski definition) is 2. The first-order valence-corrected chi connectivity index (χ1v) is 8.04. The van der Waals surface area contributed by atoms with Crippen LogP contribution in [-0.4, -0.2) is 9.78 Å². The average Bonchev–Trinajstić information content (AvgIpc) is 2.81. The zero-order valence-electron chi connectivity index (χ0n) is 11.1. The molecule has 21 heavy (non-hydrogen) atoms. The molecule has 1 aromatic heterocycles. The summed E-state index contributed by atoms with van der Waals surface area (Å²) >= 11 is 6.91. The number of halogens is 2. The van der Waals surface area contributed by atoms with E-state index in [1.165, 1.54) is 0 Å². The molecule has 0 atom stereocenters. The van der Waals surface area contributed by atoms with Crippen LogP contribution in [0.4, 0.5) is 5.82 Å². The third-order valence-corrected chi connectivity index (χ3v) is 4.19. The summed E-state index contributed by atoms with van der Waals surface area (Å²) in [7, 11) is 0. The van der Waals surface area contributed by atoms with Gasteiger partial charge >= 0.3 is 0 Å². The van der Waals surface area contributed by atoms with Gasteiger partial charge in [0, 0.05) is 20.6 Å². The van der Waals surface area contributed by atoms with Gasteiger partial charge in [-0.05, 0) is 29.8 Å². The minimum atomic E-state index is 0.655. The van der Waals surface area contributed by atoms with Crippen molar-refractivity contribution in [2.24, 2.45) is 0 Å². The molecule has 0 aliphatic carbocycles. The van der Waals surface area contributed by atoms with Crippen molar-refractivity contribution in [3.05, 3.63) is 69.1 Å². The Balaban J connectivity index is 1.89. The molecule has 0 saturated carbocycles. The van der Waals surface area contributed by atoms with Crippen LogP contribution in [0.15, 0.2) is 63.5 Å². The van der Waals surface area contributed by atoms with Crippen LogP contribution in [0.2, 0.25) is 0 Å². The van der Waals surface area contributed by atoms with Crippen LogP contribution >= 0.6 is 31.9 Å². The molecule has 0 bridgehead atoms. The lowest BCUT2D eigenvalue weighted by atomic mass is 10.2. The van der Waals surface area contributed by atoms with E-state index in [-0.39, 0.29) is 0 Å². The zero-order chi connectivity index (χ0) is 14.8. The van der Waals surface area contributed by atoms with E-state index in [2.05, 4.69) is 49.1 Å². The van der Waals surface area contributed by atoms with Crippen molar-refractivity contribution in [1.29, 1.82) is 0 Å². The van der Waals surface area contributed by atoms with Crippen molar-refractivity contribution in [1.82, 2.24) is 9.78 Å². The fourth-order valence-electron chi connectivity index (χ4n) is 2.13. The summed E-state index contributed by atoms with van der Waals surface area (Å²) in [6.45, 7) is 0.655. The molecule has 3 nitrogen and oxygen atoms in total. The van der Waals surface area contributed by atoms with Gasteiger partial charge in [-0.3, -0.25) is 0 Å². The molecule has 5 heteroatoms. The molecule has 0 aliphatic rings. The van der Waals surface area contributed by atoms with Crippen molar-refractivity contribution >= 4 is 37.7 Å². The Hall–Kier alpha value is -1.59. The van der Waals surface area contributed by atoms with Gasteiger partial charge in [0.05, 0.1) is 12.2 Å². The fraction of sp³-hybridized carbons (Fsp3) is 0.0625. The number of nitrogen functional groups attached to an aromatic ring is 1. The quantitative estimate of drug-likeness (QED) is 0.684. The minimum Gasteiger partial charge on any atom is -0.384 e. The molecule has 0 radical (unpaired) electrons. The topological polar surface area (TPSA) is 43.8 Å². The molecule has 0 saturated heterocycles. The first kappa shape index (κ1) is 14.4. The summed E-state index contributed by atoms with van der Waals surface area (Å²) in [5, 5.41) is 4.60. The van der Waals surface area contributed by atoms with Crippen LogP contribution in [0.1, 0.15) is 5.56 Å². The lowest BCUT2D eigenvalue weighted by Crippen LogP contribution is -2.05. The highest BCUT2D eigenvalue weighted by molar-refractivity contribution is 9.10. The number of anilines is 1. The number of aromatic nitrogens is 2. The summed E-state index contributed by atoms with van der Waals surface area (Å²) in [6.07, 6.45) is 0. The van der Waals surface area contributed by atoms with E-state index in [4.69, 9.17) is 5.73 Å². The first-order chi connectivity index (χ1) is 10.1. The number of hydrogen-bond donors (Lipinski definition) is 1. The van der Waals surface area contributed by atoms with Gasteiger partial charge in [0.25, 0.3) is 0 Å². The van der Waals surface area contributed by atoms with Crippen molar-refractivity contribution < 1.29 is 0 Å². The maximum Gasteiger partial charge on any atom is 0.122 e. The summed E-state index contributed by atoms with van der Waals surface area (Å²) in [5.74, 6) is 0.660. The van der Waals surface area contributed by atoms with Gasteiger partial charge in [-0.2, -0.15) is 5.10 Å². The molecule has 0 spiro atoms. The molecule has 2 aromatic carbocycles. The fourth-order valence-corrected chi connectivity index (χ4v) is 2.84. The van der Waals surface area contributed by atoms with E-state index in [0.29, 0.717) is 12.4 Å². The monoisotopic (exact) mass is 405 g/mol. The van der Waals surface area contributed by atoms with Crippen molar-refractivity contribution in [2.75, 3.05) is 5.73 Å². The van der Waals surface area contributed by atoms with Crippen LogP contribution in [0.3, 0.4) is 0 Å². The number of nitrogens with zero attached hydrogens (tertiary/aromatic N) is 2. The lowest BCUT2D eigenvalue weighted by molar-refractivity contribution is 0.699. The van der Waals surface area contributed by atoms with E-state index in [1.54, 1.807) is 0 Å². The van der Waals surface area contributed by atoms with Gasteiger partial charge in [0.1, 0.15) is 5.82 Å². The molecule has 0 unspecified atom stereocenters. The highest BCUT2D eigenvalue weighted by atomic mass is 79.9. The minimum absolute atomic E-state index is 0.655. The van der Waals surface area contributed by atoms with Crippen LogP contribution in [0.5, 0.6) is 0 Å². The van der Waals surface area contributed by atoms with Crippen LogP contribution in [0, 0.1) is 0 Å². The second-order valence-corrected chi connectivity index (χ2v) is 6.58. The molecule has 1 heterocycles. The molecule has 106 valence electrons. The van der Waals surface area contributed by atoms with Gasteiger partial charge in [-0.25, -0.2) is 4.68 Å². The van der Waals surface area contributed by atoms with E-state index < -0.39 is 0 Å². The summed E-state index contributed by atoms with van der Waals surface area (Å²) in [5.41, 5.74) is 9.17. The van der Waals surface area contributed by atoms with Gasteiger partial charge in [0.15, 0.2) is 0 Å². The van der Waals surface area contributed by atoms with Crippen molar-refractivity contribution in [3.8, 4) is 11.3 Å². The maximum atomic E-state index is 6.07. The van der Waals surface area contributed by atoms with Gasteiger partial charge in [0.2, 0.25) is 0 Å². The van der Waals surface area contributed by atoms with Crippen molar-refractivity contribution in [3.63, 3.8) is 0 Å². The Morgan fingerprint density at radius 3 is 2.43 bits per heavy atom. The largest absolute Gasteiger partial charge is 0.384 e. The van der Waals surface area contributed by atoms with E-state index in [0.717, 1.165) is 25.8 Å². The molecule has 0 fully saturated rings. The van der Waals surface area contributed by atoms with E-state index in [1.807, 2.05) is 47.1 Å². The van der Waals surface area contributed by atoms with Crippen LogP contribution in [-0.2, 0) is 6.54 Å². The molecule has 0 amide bonds. The molecule has 3 aromatic rings. The summed E-state index contributed by atoms with van der Waals surface area (Å²) in [6, 6.07) is 18.1. The third kappa shape index (κ3) is 3.36. The van der Waals surface area contributed by atoms with Gasteiger partial charge < -0.3 is 5.73 Å². The third-order valence-electron chi connectivity index (χ3n) is 3.17. The Morgan fingerprint density at radius 1 is 0.952 bits per heavy atom. The Morgan fingerprint density at radius 2 is 1.71 bits per heavy atom. The Kier molecular flexibility index (Phi) is 4.12. The van der Waals surface area contributed by atoms with Crippen molar-refractivity contribution in [2.45, 2.75) is 6.54 Å². The normalized spacial score (nSPS) is 10.8. The summed E-state index contributed by atoms with van der Waals surface area (Å²) < 4.78 is 3.92. The van der Waals surface area contributed by atoms with E-state index >= 15 is 0 Å². The maximum absolute atomic E-state index is 6.07. The second kappa shape index (κ2) is 6.03. The smallest absolute Gasteiger partial charge is 0.122 e. The van der Waals surface area contributed by atoms with Gasteiger partial charge in [-0.1, -0.05) is 56.1 Å². The Bertz CT molecular complexity index is 763.